The SMILES string of the molecule is C[C@@H](C(=O)N1CCO[C@@H](CNc2nccn(C)c2=O)C1)c1cccnc1. The maximum Gasteiger partial charge on any atom is 0.293 e. The van der Waals surface area contributed by atoms with Gasteiger partial charge in [-0.15, -0.1) is 0 Å². The molecule has 2 aromatic rings. The van der Waals surface area contributed by atoms with Crippen LogP contribution in [-0.2, 0) is 16.6 Å². The molecular formula is C18H23N5O3. The Balaban J connectivity index is 1.59. The molecule has 2 atom stereocenters. The van der Waals surface area contributed by atoms with Crippen LogP contribution in [0.15, 0.2) is 41.7 Å². The molecule has 3 heterocycles. The molecule has 0 spiro atoms. The molecule has 0 bridgehead atoms. The number of morpholine rings is 1. The third kappa shape index (κ3) is 4.08. The molecule has 3 rings (SSSR count). The number of amides is 1. The van der Waals surface area contributed by atoms with E-state index >= 15 is 0 Å². The summed E-state index contributed by atoms with van der Waals surface area (Å²) in [6.45, 7) is 3.81. The van der Waals surface area contributed by atoms with Crippen molar-refractivity contribution in [2.24, 2.45) is 7.05 Å². The zero-order chi connectivity index (χ0) is 18.5. The first-order valence-corrected chi connectivity index (χ1v) is 8.62. The van der Waals surface area contributed by atoms with E-state index in [9.17, 15) is 9.59 Å². The summed E-state index contributed by atoms with van der Waals surface area (Å²) >= 11 is 0. The maximum atomic E-state index is 12.8. The molecule has 1 aliphatic heterocycles. The number of aromatic nitrogens is 3. The molecular weight excluding hydrogens is 334 g/mol. The van der Waals surface area contributed by atoms with Crippen LogP contribution in [0.5, 0.6) is 0 Å². The predicted octanol–water partition coefficient (Wildman–Crippen LogP) is 0.618. The molecule has 26 heavy (non-hydrogen) atoms. The number of hydrogen-bond acceptors (Lipinski definition) is 6. The van der Waals surface area contributed by atoms with Gasteiger partial charge in [0.1, 0.15) is 0 Å². The number of hydrogen-bond donors (Lipinski definition) is 1. The van der Waals surface area contributed by atoms with Crippen molar-refractivity contribution < 1.29 is 9.53 Å². The number of ether oxygens (including phenoxy) is 1. The standard InChI is InChI=1S/C18H23N5O3/c1-13(14-4-3-5-19-10-14)17(24)23-8-9-26-15(12-23)11-21-16-18(25)22(2)7-6-20-16/h3-7,10,13,15H,8-9,11-12H2,1-2H3,(H,20,21)/t13-,15+/m1/s1. The van der Waals surface area contributed by atoms with E-state index in [4.69, 9.17) is 4.74 Å². The number of nitrogens with one attached hydrogen (secondary N) is 1. The highest BCUT2D eigenvalue weighted by Crippen LogP contribution is 2.18. The smallest absolute Gasteiger partial charge is 0.293 e. The monoisotopic (exact) mass is 357 g/mol. The minimum Gasteiger partial charge on any atom is -0.373 e. The van der Waals surface area contributed by atoms with Gasteiger partial charge in [0.15, 0.2) is 5.82 Å². The highest BCUT2D eigenvalue weighted by atomic mass is 16.5. The number of carbonyl (C=O) groups is 1. The molecule has 2 aromatic heterocycles. The molecule has 0 radical (unpaired) electrons. The molecule has 1 N–H and O–H groups in total. The van der Waals surface area contributed by atoms with Gasteiger partial charge >= 0.3 is 0 Å². The van der Waals surface area contributed by atoms with E-state index in [1.165, 1.54) is 4.57 Å². The number of aryl methyl sites for hydroxylation is 1. The van der Waals surface area contributed by atoms with Gasteiger partial charge < -0.3 is 19.5 Å². The zero-order valence-electron chi connectivity index (χ0n) is 15.0. The molecule has 138 valence electrons. The van der Waals surface area contributed by atoms with Crippen molar-refractivity contribution >= 4 is 11.7 Å². The minimum absolute atomic E-state index is 0.0556. The van der Waals surface area contributed by atoms with Crippen molar-refractivity contribution in [2.45, 2.75) is 18.9 Å². The van der Waals surface area contributed by atoms with Crippen LogP contribution in [0.3, 0.4) is 0 Å². The van der Waals surface area contributed by atoms with Crippen molar-refractivity contribution in [2.75, 3.05) is 31.6 Å². The van der Waals surface area contributed by atoms with Crippen LogP contribution in [0.2, 0.25) is 0 Å². The summed E-state index contributed by atoms with van der Waals surface area (Å²) in [5, 5.41) is 3.03. The highest BCUT2D eigenvalue weighted by Gasteiger charge is 2.28. The fraction of sp³-hybridized carbons (Fsp3) is 0.444. The predicted molar refractivity (Wildman–Crippen MR) is 96.9 cm³/mol. The Hall–Kier alpha value is -2.74. The Kier molecular flexibility index (Phi) is 5.62. The van der Waals surface area contributed by atoms with E-state index in [-0.39, 0.29) is 29.3 Å². The van der Waals surface area contributed by atoms with Gasteiger partial charge in [0, 0.05) is 51.5 Å². The Morgan fingerprint density at radius 1 is 1.46 bits per heavy atom. The molecule has 8 nitrogen and oxygen atoms in total. The molecule has 1 saturated heterocycles. The Labute approximate surface area is 151 Å². The van der Waals surface area contributed by atoms with Gasteiger partial charge in [-0.05, 0) is 18.6 Å². The lowest BCUT2D eigenvalue weighted by molar-refractivity contribution is -0.139. The van der Waals surface area contributed by atoms with E-state index in [0.717, 1.165) is 5.56 Å². The lowest BCUT2D eigenvalue weighted by atomic mass is 10.0. The summed E-state index contributed by atoms with van der Waals surface area (Å²) in [6.07, 6.45) is 6.39. The minimum atomic E-state index is -0.251. The van der Waals surface area contributed by atoms with Crippen LogP contribution in [0.4, 0.5) is 5.82 Å². The van der Waals surface area contributed by atoms with Gasteiger partial charge in [-0.3, -0.25) is 14.6 Å². The third-order valence-electron chi connectivity index (χ3n) is 4.52. The van der Waals surface area contributed by atoms with Crippen LogP contribution in [0.25, 0.3) is 0 Å². The van der Waals surface area contributed by atoms with Gasteiger partial charge in [0.05, 0.1) is 18.6 Å². The van der Waals surface area contributed by atoms with E-state index < -0.39 is 0 Å². The average molecular weight is 357 g/mol. The lowest BCUT2D eigenvalue weighted by Crippen LogP contribution is -2.49. The van der Waals surface area contributed by atoms with Crippen molar-refractivity contribution in [1.29, 1.82) is 0 Å². The zero-order valence-corrected chi connectivity index (χ0v) is 15.0. The second-order valence-electron chi connectivity index (χ2n) is 6.36. The van der Waals surface area contributed by atoms with Crippen molar-refractivity contribution in [3.63, 3.8) is 0 Å². The number of carbonyl (C=O) groups excluding carboxylic acids is 1. The third-order valence-corrected chi connectivity index (χ3v) is 4.52. The normalized spacial score (nSPS) is 18.4. The van der Waals surface area contributed by atoms with Gasteiger partial charge in [-0.25, -0.2) is 4.98 Å². The van der Waals surface area contributed by atoms with Crippen molar-refractivity contribution in [3.05, 3.63) is 52.8 Å². The molecule has 1 fully saturated rings. The highest BCUT2D eigenvalue weighted by molar-refractivity contribution is 5.83. The van der Waals surface area contributed by atoms with Gasteiger partial charge in [-0.2, -0.15) is 0 Å². The summed E-state index contributed by atoms with van der Waals surface area (Å²) in [7, 11) is 1.67. The van der Waals surface area contributed by atoms with Gasteiger partial charge in [-0.1, -0.05) is 6.07 Å². The number of nitrogens with zero attached hydrogens (tertiary/aromatic N) is 4. The van der Waals surface area contributed by atoms with E-state index in [0.29, 0.717) is 26.2 Å². The molecule has 1 aliphatic rings. The largest absolute Gasteiger partial charge is 0.373 e. The van der Waals surface area contributed by atoms with Crippen LogP contribution >= 0.6 is 0 Å². The first-order chi connectivity index (χ1) is 12.6. The maximum absolute atomic E-state index is 12.8. The molecule has 0 unspecified atom stereocenters. The second kappa shape index (κ2) is 8.09. The average Bonchev–Trinajstić information content (AvgIpc) is 2.69. The molecule has 1 amide bonds. The first-order valence-electron chi connectivity index (χ1n) is 8.62. The number of rotatable bonds is 5. The van der Waals surface area contributed by atoms with Crippen LogP contribution < -0.4 is 10.9 Å². The quantitative estimate of drug-likeness (QED) is 0.844. The Morgan fingerprint density at radius 2 is 2.31 bits per heavy atom. The fourth-order valence-electron chi connectivity index (χ4n) is 2.92. The lowest BCUT2D eigenvalue weighted by Gasteiger charge is -2.34. The summed E-state index contributed by atoms with van der Waals surface area (Å²) < 4.78 is 7.19. The topological polar surface area (TPSA) is 89.4 Å². The van der Waals surface area contributed by atoms with Crippen molar-refractivity contribution in [3.8, 4) is 0 Å². The van der Waals surface area contributed by atoms with Crippen LogP contribution in [0, 0.1) is 0 Å². The van der Waals surface area contributed by atoms with Crippen LogP contribution in [0.1, 0.15) is 18.4 Å². The van der Waals surface area contributed by atoms with Crippen LogP contribution in [-0.4, -0.2) is 57.7 Å². The Morgan fingerprint density at radius 3 is 3.08 bits per heavy atom. The Bertz CT molecular complexity index is 808. The second-order valence-corrected chi connectivity index (χ2v) is 6.36. The van der Waals surface area contributed by atoms with Gasteiger partial charge in [0.2, 0.25) is 5.91 Å². The number of pyridine rings is 1. The first kappa shape index (κ1) is 18.1. The fourth-order valence-corrected chi connectivity index (χ4v) is 2.92. The summed E-state index contributed by atoms with van der Waals surface area (Å²) in [5.74, 6) is 0.0873. The molecule has 0 aliphatic carbocycles. The summed E-state index contributed by atoms with van der Waals surface area (Å²) in [6, 6.07) is 3.74. The number of anilines is 1. The van der Waals surface area contributed by atoms with E-state index in [1.807, 2.05) is 24.0 Å². The van der Waals surface area contributed by atoms with Gasteiger partial charge in [0.25, 0.3) is 5.56 Å². The van der Waals surface area contributed by atoms with Crippen molar-refractivity contribution in [1.82, 2.24) is 19.4 Å². The van der Waals surface area contributed by atoms with E-state index in [2.05, 4.69) is 15.3 Å². The molecule has 0 saturated carbocycles. The summed E-state index contributed by atoms with van der Waals surface area (Å²) in [5.41, 5.74) is 0.706. The summed E-state index contributed by atoms with van der Waals surface area (Å²) in [4.78, 5) is 34.7. The molecule has 8 heteroatoms. The van der Waals surface area contributed by atoms with E-state index in [1.54, 1.807) is 31.8 Å². The molecule has 0 aromatic carbocycles.